The Morgan fingerprint density at radius 1 is 1.53 bits per heavy atom. The molecule has 1 rings (SSSR count). The number of hydrogen-bond acceptors (Lipinski definition) is 2. The molecule has 0 spiro atoms. The summed E-state index contributed by atoms with van der Waals surface area (Å²) in [5, 5.41) is 3.67. The Morgan fingerprint density at radius 2 is 2.27 bits per heavy atom. The molecule has 0 radical (unpaired) electrons. The van der Waals surface area contributed by atoms with Gasteiger partial charge in [-0.3, -0.25) is 0 Å². The van der Waals surface area contributed by atoms with Crippen molar-refractivity contribution in [3.63, 3.8) is 0 Å². The first-order chi connectivity index (χ1) is 7.15. The van der Waals surface area contributed by atoms with Crippen molar-refractivity contribution in [3.8, 4) is 0 Å². The Morgan fingerprint density at radius 3 is 2.87 bits per heavy atom. The molecule has 0 amide bonds. The molecule has 0 fully saturated rings. The molecule has 15 heavy (non-hydrogen) atoms. The van der Waals surface area contributed by atoms with E-state index in [1.165, 1.54) is 6.07 Å². The largest absolute Gasteiger partial charge is 0.329 e. The number of rotatable bonds is 5. The van der Waals surface area contributed by atoms with Gasteiger partial charge in [-0.05, 0) is 32.0 Å². The van der Waals surface area contributed by atoms with E-state index in [1.807, 2.05) is 6.92 Å². The van der Waals surface area contributed by atoms with Crippen LogP contribution in [0.5, 0.6) is 0 Å². The van der Waals surface area contributed by atoms with Gasteiger partial charge in [0.15, 0.2) is 0 Å². The highest BCUT2D eigenvalue weighted by molar-refractivity contribution is 6.31. The molecule has 0 aliphatic heterocycles. The molecule has 1 atom stereocenters. The van der Waals surface area contributed by atoms with Crippen LogP contribution >= 0.6 is 11.6 Å². The molecule has 0 aliphatic carbocycles. The van der Waals surface area contributed by atoms with E-state index in [0.29, 0.717) is 30.1 Å². The fourth-order valence-electron chi connectivity index (χ4n) is 1.30. The summed E-state index contributed by atoms with van der Waals surface area (Å²) in [5.74, 6) is -0.246. The first-order valence-corrected chi connectivity index (χ1v) is 5.39. The van der Waals surface area contributed by atoms with Crippen LogP contribution in [0, 0.1) is 5.82 Å². The number of nitrogens with two attached hydrogens (primary N) is 1. The maximum atomic E-state index is 13.3. The van der Waals surface area contributed by atoms with E-state index in [1.54, 1.807) is 12.1 Å². The van der Waals surface area contributed by atoms with E-state index < -0.39 is 0 Å². The molecule has 0 bridgehead atoms. The van der Waals surface area contributed by atoms with Gasteiger partial charge in [0, 0.05) is 23.2 Å². The zero-order chi connectivity index (χ0) is 11.3. The van der Waals surface area contributed by atoms with E-state index in [4.69, 9.17) is 17.3 Å². The van der Waals surface area contributed by atoms with Gasteiger partial charge in [-0.2, -0.15) is 0 Å². The van der Waals surface area contributed by atoms with Gasteiger partial charge < -0.3 is 11.1 Å². The lowest BCUT2D eigenvalue weighted by molar-refractivity contribution is 0.547. The molecule has 84 valence electrons. The Hall–Kier alpha value is -0.640. The minimum atomic E-state index is -0.246. The molecular formula is C11H16ClFN2. The van der Waals surface area contributed by atoms with Crippen molar-refractivity contribution in [1.29, 1.82) is 0 Å². The van der Waals surface area contributed by atoms with Crippen molar-refractivity contribution in [1.82, 2.24) is 5.32 Å². The highest BCUT2D eigenvalue weighted by Gasteiger charge is 2.06. The fourth-order valence-corrected chi connectivity index (χ4v) is 1.56. The highest BCUT2D eigenvalue weighted by Crippen LogP contribution is 2.18. The summed E-state index contributed by atoms with van der Waals surface area (Å²) >= 11 is 5.89. The monoisotopic (exact) mass is 230 g/mol. The minimum Gasteiger partial charge on any atom is -0.329 e. The van der Waals surface area contributed by atoms with E-state index in [0.717, 1.165) is 0 Å². The van der Waals surface area contributed by atoms with Crippen LogP contribution in [-0.4, -0.2) is 19.1 Å². The third-order valence-corrected chi connectivity index (χ3v) is 2.64. The van der Waals surface area contributed by atoms with Crippen molar-refractivity contribution >= 4 is 11.6 Å². The smallest absolute Gasteiger partial charge is 0.127 e. The lowest BCUT2D eigenvalue weighted by Gasteiger charge is -2.11. The van der Waals surface area contributed by atoms with Gasteiger partial charge in [0.1, 0.15) is 5.82 Å². The van der Waals surface area contributed by atoms with Gasteiger partial charge in [-0.25, -0.2) is 4.39 Å². The van der Waals surface area contributed by atoms with E-state index in [2.05, 4.69) is 5.32 Å². The van der Waals surface area contributed by atoms with Crippen molar-refractivity contribution in [2.24, 2.45) is 5.73 Å². The summed E-state index contributed by atoms with van der Waals surface area (Å²) in [6.45, 7) is 3.24. The normalized spacial score (nSPS) is 12.8. The van der Waals surface area contributed by atoms with E-state index in [9.17, 15) is 4.39 Å². The minimum absolute atomic E-state index is 0.246. The van der Waals surface area contributed by atoms with Crippen LogP contribution in [0.1, 0.15) is 12.5 Å². The molecule has 1 aromatic carbocycles. The Bertz CT molecular complexity index is 297. The van der Waals surface area contributed by atoms with Gasteiger partial charge in [0.05, 0.1) is 0 Å². The zero-order valence-corrected chi connectivity index (χ0v) is 9.52. The molecule has 4 heteroatoms. The first-order valence-electron chi connectivity index (χ1n) is 5.01. The van der Waals surface area contributed by atoms with Crippen molar-refractivity contribution in [2.75, 3.05) is 13.1 Å². The van der Waals surface area contributed by atoms with Gasteiger partial charge in [0.2, 0.25) is 0 Å². The van der Waals surface area contributed by atoms with Crippen LogP contribution in [0.3, 0.4) is 0 Å². The lowest BCUT2D eigenvalue weighted by Crippen LogP contribution is -2.34. The molecule has 0 aromatic heterocycles. The molecule has 1 aromatic rings. The summed E-state index contributed by atoms with van der Waals surface area (Å²) in [5.41, 5.74) is 6.01. The number of benzene rings is 1. The maximum Gasteiger partial charge on any atom is 0.127 e. The maximum absolute atomic E-state index is 13.3. The first kappa shape index (κ1) is 12.4. The molecule has 0 heterocycles. The van der Waals surface area contributed by atoms with Gasteiger partial charge >= 0.3 is 0 Å². The standard InChI is InChI=1S/C11H16ClFN2/c1-8(7-14)15-6-5-9-10(12)3-2-4-11(9)13/h2-4,8,15H,5-7,14H2,1H3/t8-/m1/s1. The Balaban J connectivity index is 2.50. The summed E-state index contributed by atoms with van der Waals surface area (Å²) < 4.78 is 13.3. The third kappa shape index (κ3) is 3.78. The summed E-state index contributed by atoms with van der Waals surface area (Å²) in [7, 11) is 0. The average Bonchev–Trinajstić information content (AvgIpc) is 2.22. The number of halogens is 2. The summed E-state index contributed by atoms with van der Waals surface area (Å²) in [4.78, 5) is 0. The third-order valence-electron chi connectivity index (χ3n) is 2.28. The van der Waals surface area contributed by atoms with Crippen molar-refractivity contribution < 1.29 is 4.39 Å². The summed E-state index contributed by atoms with van der Waals surface area (Å²) in [6.07, 6.45) is 0.579. The average molecular weight is 231 g/mol. The second kappa shape index (κ2) is 6.05. The molecular weight excluding hydrogens is 215 g/mol. The fraction of sp³-hybridized carbons (Fsp3) is 0.455. The molecule has 3 N–H and O–H groups in total. The van der Waals surface area contributed by atoms with Gasteiger partial charge in [-0.1, -0.05) is 17.7 Å². The van der Waals surface area contributed by atoms with Crippen LogP contribution in [-0.2, 0) is 6.42 Å². The SMILES string of the molecule is C[C@H](CN)NCCc1c(F)cccc1Cl. The number of hydrogen-bond donors (Lipinski definition) is 2. The second-order valence-electron chi connectivity index (χ2n) is 3.54. The van der Waals surface area contributed by atoms with Crippen LogP contribution in [0.25, 0.3) is 0 Å². The second-order valence-corrected chi connectivity index (χ2v) is 3.95. The van der Waals surface area contributed by atoms with Crippen molar-refractivity contribution in [3.05, 3.63) is 34.6 Å². The van der Waals surface area contributed by atoms with Gasteiger partial charge in [-0.15, -0.1) is 0 Å². The Labute approximate surface area is 94.6 Å². The van der Waals surface area contributed by atoms with Crippen molar-refractivity contribution in [2.45, 2.75) is 19.4 Å². The van der Waals surface area contributed by atoms with E-state index in [-0.39, 0.29) is 11.9 Å². The highest BCUT2D eigenvalue weighted by atomic mass is 35.5. The zero-order valence-electron chi connectivity index (χ0n) is 8.76. The molecule has 0 unspecified atom stereocenters. The predicted molar refractivity (Wildman–Crippen MR) is 61.6 cm³/mol. The van der Waals surface area contributed by atoms with E-state index >= 15 is 0 Å². The topological polar surface area (TPSA) is 38.0 Å². The van der Waals surface area contributed by atoms with Crippen LogP contribution in [0.15, 0.2) is 18.2 Å². The van der Waals surface area contributed by atoms with Crippen LogP contribution < -0.4 is 11.1 Å². The lowest BCUT2D eigenvalue weighted by atomic mass is 10.1. The predicted octanol–water partition coefficient (Wildman–Crippen LogP) is 1.96. The Kier molecular flexibility index (Phi) is 5.02. The molecule has 0 saturated carbocycles. The quantitative estimate of drug-likeness (QED) is 0.812. The van der Waals surface area contributed by atoms with Crippen LogP contribution in [0.4, 0.5) is 4.39 Å². The molecule has 0 saturated heterocycles. The van der Waals surface area contributed by atoms with Gasteiger partial charge in [0.25, 0.3) is 0 Å². The molecule has 0 aliphatic rings. The number of nitrogens with one attached hydrogen (secondary N) is 1. The van der Waals surface area contributed by atoms with Crippen LogP contribution in [0.2, 0.25) is 5.02 Å². The summed E-state index contributed by atoms with van der Waals surface area (Å²) in [6, 6.07) is 4.98. The molecule has 2 nitrogen and oxygen atoms in total.